The highest BCUT2D eigenvalue weighted by Gasteiger charge is 1.98. The van der Waals surface area contributed by atoms with Crippen LogP contribution in [0.2, 0.25) is 0 Å². The molecule has 1 atom stereocenters. The van der Waals surface area contributed by atoms with Crippen molar-refractivity contribution in [3.05, 3.63) is 0 Å². The van der Waals surface area contributed by atoms with Gasteiger partial charge in [-0.1, -0.05) is 0 Å². The minimum absolute atomic E-state index is 0.230. The van der Waals surface area contributed by atoms with Crippen LogP contribution in [0.5, 0.6) is 0 Å². The summed E-state index contributed by atoms with van der Waals surface area (Å²) in [7, 11) is 2.23. The van der Waals surface area contributed by atoms with E-state index >= 15 is 0 Å². The van der Waals surface area contributed by atoms with Crippen LogP contribution in [-0.2, 0) is 4.52 Å². The van der Waals surface area contributed by atoms with Crippen molar-refractivity contribution < 1.29 is 13.3 Å². The average molecular weight is 159 g/mol. The van der Waals surface area contributed by atoms with Crippen LogP contribution in [0.25, 0.3) is 0 Å². The SMILES string of the molecule is FC(F)COP=NP. The van der Waals surface area contributed by atoms with E-state index in [1.54, 1.807) is 0 Å². The first-order valence-corrected chi connectivity index (χ1v) is 3.06. The van der Waals surface area contributed by atoms with Gasteiger partial charge in [-0.3, -0.25) is 0 Å². The van der Waals surface area contributed by atoms with E-state index in [2.05, 4.69) is 9.04 Å². The molecule has 2 nitrogen and oxygen atoms in total. The molecule has 0 radical (unpaired) electrons. The Morgan fingerprint density at radius 1 is 1.75 bits per heavy atom. The average Bonchev–Trinajstić information content (AvgIpc) is 1.66. The third kappa shape index (κ3) is 6.35. The smallest absolute Gasteiger partial charge is 0.262 e. The van der Waals surface area contributed by atoms with Crippen LogP contribution in [0.3, 0.4) is 0 Å². The van der Waals surface area contributed by atoms with E-state index in [0.29, 0.717) is 0 Å². The van der Waals surface area contributed by atoms with Crippen molar-refractivity contribution in [3.8, 4) is 0 Å². The summed E-state index contributed by atoms with van der Waals surface area (Å²) < 4.78 is 30.0. The maximum Gasteiger partial charge on any atom is 0.262 e. The molecule has 0 bridgehead atoms. The molecular weight excluding hydrogens is 154 g/mol. The third-order valence-electron chi connectivity index (χ3n) is 0.305. The predicted molar refractivity (Wildman–Crippen MR) is 31.0 cm³/mol. The molecule has 0 aliphatic heterocycles. The summed E-state index contributed by atoms with van der Waals surface area (Å²) in [4.78, 5) is 0. The molecular formula is C2H5F2NOP2. The van der Waals surface area contributed by atoms with E-state index in [-0.39, 0.29) is 8.60 Å². The lowest BCUT2D eigenvalue weighted by atomic mass is 10.8. The highest BCUT2D eigenvalue weighted by Crippen LogP contribution is 2.07. The molecule has 0 aromatic rings. The van der Waals surface area contributed by atoms with Crippen molar-refractivity contribution >= 4 is 18.0 Å². The molecule has 6 heteroatoms. The Morgan fingerprint density at radius 3 is 2.75 bits per heavy atom. The summed E-state index contributed by atoms with van der Waals surface area (Å²) in [5.74, 6) is 0. The van der Waals surface area contributed by atoms with E-state index in [4.69, 9.17) is 0 Å². The lowest BCUT2D eigenvalue weighted by Gasteiger charge is -1.90. The predicted octanol–water partition coefficient (Wildman–Crippen LogP) is 2.10. The topological polar surface area (TPSA) is 21.6 Å². The fourth-order valence-corrected chi connectivity index (χ4v) is 0.569. The summed E-state index contributed by atoms with van der Waals surface area (Å²) in [5, 5.41) is 0. The maximum atomic E-state index is 11.2. The Morgan fingerprint density at radius 2 is 2.38 bits per heavy atom. The van der Waals surface area contributed by atoms with Gasteiger partial charge in [-0.2, -0.15) is 0 Å². The molecule has 0 saturated heterocycles. The molecule has 48 valence electrons. The fourth-order valence-electron chi connectivity index (χ4n) is 0.123. The molecule has 0 N–H and O–H groups in total. The van der Waals surface area contributed by atoms with Gasteiger partial charge in [-0.05, 0) is 9.39 Å². The van der Waals surface area contributed by atoms with Gasteiger partial charge in [-0.15, -0.1) is 0 Å². The molecule has 0 heterocycles. The standard InChI is InChI=1S/C2H5F2NOP2/c3-2(4)1-6-8-5-7/h2H,1,7H2. The molecule has 0 aromatic heterocycles. The van der Waals surface area contributed by atoms with Gasteiger partial charge in [0.15, 0.2) is 8.60 Å². The highest BCUT2D eigenvalue weighted by molar-refractivity contribution is 7.31. The van der Waals surface area contributed by atoms with E-state index < -0.39 is 13.0 Å². The fraction of sp³-hybridized carbons (Fsp3) is 1.00. The van der Waals surface area contributed by atoms with Crippen LogP contribution < -0.4 is 0 Å². The Hall–Kier alpha value is 0.350. The number of rotatable bonds is 3. The zero-order valence-corrected chi connectivity index (χ0v) is 5.97. The van der Waals surface area contributed by atoms with Crippen LogP contribution in [-0.4, -0.2) is 13.0 Å². The van der Waals surface area contributed by atoms with Gasteiger partial charge in [0.2, 0.25) is 0 Å². The van der Waals surface area contributed by atoms with Crippen LogP contribution in [0.1, 0.15) is 0 Å². The zero-order chi connectivity index (χ0) is 6.41. The minimum atomic E-state index is -2.39. The van der Waals surface area contributed by atoms with Crippen LogP contribution in [0, 0.1) is 0 Å². The number of alkyl halides is 2. The molecule has 1 unspecified atom stereocenters. The van der Waals surface area contributed by atoms with Gasteiger partial charge in [0.05, 0.1) is 0 Å². The first kappa shape index (κ1) is 8.35. The largest absolute Gasteiger partial charge is 0.305 e. The van der Waals surface area contributed by atoms with Gasteiger partial charge >= 0.3 is 0 Å². The van der Waals surface area contributed by atoms with E-state index in [1.165, 1.54) is 0 Å². The molecule has 0 spiro atoms. The van der Waals surface area contributed by atoms with Crippen molar-refractivity contribution in [2.75, 3.05) is 6.61 Å². The Bertz CT molecular complexity index is 78.4. The van der Waals surface area contributed by atoms with Crippen molar-refractivity contribution in [1.82, 2.24) is 0 Å². The van der Waals surface area contributed by atoms with Gasteiger partial charge in [-0.25, -0.2) is 13.3 Å². The summed E-state index contributed by atoms with van der Waals surface area (Å²) >= 11 is 0. The summed E-state index contributed by atoms with van der Waals surface area (Å²) in [6.45, 7) is -0.542. The normalized spacial score (nSPS) is 11.5. The van der Waals surface area contributed by atoms with Gasteiger partial charge in [0.1, 0.15) is 6.61 Å². The Balaban J connectivity index is 2.93. The van der Waals surface area contributed by atoms with Crippen LogP contribution in [0.15, 0.2) is 4.52 Å². The monoisotopic (exact) mass is 159 g/mol. The maximum absolute atomic E-state index is 11.2. The van der Waals surface area contributed by atoms with Crippen molar-refractivity contribution in [1.29, 1.82) is 0 Å². The molecule has 0 fully saturated rings. The molecule has 0 aliphatic carbocycles. The third-order valence-corrected chi connectivity index (χ3v) is 0.947. The minimum Gasteiger partial charge on any atom is -0.305 e. The number of hydrogen-bond acceptors (Lipinski definition) is 2. The molecule has 0 aliphatic rings. The van der Waals surface area contributed by atoms with Crippen molar-refractivity contribution in [2.24, 2.45) is 4.52 Å². The lowest BCUT2D eigenvalue weighted by Crippen LogP contribution is -1.96. The first-order chi connectivity index (χ1) is 3.77. The first-order valence-electron chi connectivity index (χ1n) is 1.77. The second-order valence-electron chi connectivity index (χ2n) is 0.884. The van der Waals surface area contributed by atoms with E-state index in [1.807, 2.05) is 9.39 Å². The molecule has 0 aromatic carbocycles. The van der Waals surface area contributed by atoms with Gasteiger partial charge in [0, 0.05) is 0 Å². The molecule has 8 heavy (non-hydrogen) atoms. The molecule has 0 amide bonds. The second kappa shape index (κ2) is 5.49. The highest BCUT2D eigenvalue weighted by atomic mass is 31.1. The summed E-state index contributed by atoms with van der Waals surface area (Å²) in [6, 6.07) is 0. The molecule has 0 rings (SSSR count). The number of hydrogen-bond donors (Lipinski definition) is 0. The second-order valence-corrected chi connectivity index (χ2v) is 2.23. The Kier molecular flexibility index (Phi) is 5.73. The van der Waals surface area contributed by atoms with Crippen molar-refractivity contribution in [3.63, 3.8) is 0 Å². The number of nitrogens with zero attached hydrogens (tertiary/aromatic N) is 1. The molecule has 0 saturated carbocycles. The Labute approximate surface area is 49.8 Å². The zero-order valence-electron chi connectivity index (χ0n) is 3.92. The van der Waals surface area contributed by atoms with Crippen molar-refractivity contribution in [2.45, 2.75) is 6.43 Å². The summed E-state index contributed by atoms with van der Waals surface area (Å²) in [5.41, 5.74) is 0. The van der Waals surface area contributed by atoms with Gasteiger partial charge < -0.3 is 4.52 Å². The number of halogens is 2. The quantitative estimate of drug-likeness (QED) is 0.577. The van der Waals surface area contributed by atoms with Gasteiger partial charge in [0.25, 0.3) is 6.43 Å². The van der Waals surface area contributed by atoms with E-state index in [0.717, 1.165) is 0 Å². The van der Waals surface area contributed by atoms with Crippen LogP contribution >= 0.6 is 18.0 Å². The summed E-state index contributed by atoms with van der Waals surface area (Å²) in [6.07, 6.45) is -2.39. The lowest BCUT2D eigenvalue weighted by molar-refractivity contribution is 0.0907. The van der Waals surface area contributed by atoms with Crippen LogP contribution in [0.4, 0.5) is 8.78 Å². The van der Waals surface area contributed by atoms with E-state index in [9.17, 15) is 8.78 Å².